The Balaban J connectivity index is 2.92. The molecule has 94 valence electrons. The molecule has 0 bridgehead atoms. The van der Waals surface area contributed by atoms with Crippen LogP contribution in [0.5, 0.6) is 0 Å². The van der Waals surface area contributed by atoms with Gasteiger partial charge in [-0.15, -0.1) is 11.6 Å². The first-order valence-corrected chi connectivity index (χ1v) is 7.28. The highest BCUT2D eigenvalue weighted by molar-refractivity contribution is 9.08. The van der Waals surface area contributed by atoms with Crippen LogP contribution in [0.1, 0.15) is 34.8 Å². The van der Waals surface area contributed by atoms with Crippen molar-refractivity contribution in [2.45, 2.75) is 25.1 Å². The molecule has 0 aliphatic heterocycles. The van der Waals surface area contributed by atoms with Gasteiger partial charge in [0.2, 0.25) is 0 Å². The number of ether oxygens (including phenoxy) is 1. The number of rotatable bonds is 6. The van der Waals surface area contributed by atoms with Crippen LogP contribution in [-0.4, -0.2) is 18.5 Å². The zero-order valence-electron chi connectivity index (χ0n) is 9.84. The van der Waals surface area contributed by atoms with Crippen molar-refractivity contribution in [3.8, 4) is 0 Å². The Morgan fingerprint density at radius 3 is 2.65 bits per heavy atom. The van der Waals surface area contributed by atoms with Gasteiger partial charge in [0.25, 0.3) is 0 Å². The van der Waals surface area contributed by atoms with Crippen molar-refractivity contribution in [3.63, 3.8) is 0 Å². The van der Waals surface area contributed by atoms with Crippen molar-refractivity contribution in [2.24, 2.45) is 0 Å². The van der Waals surface area contributed by atoms with Crippen LogP contribution >= 0.6 is 27.5 Å². The highest BCUT2D eigenvalue weighted by atomic mass is 79.9. The first kappa shape index (κ1) is 14.5. The molecule has 0 aliphatic carbocycles. The molecule has 0 unspecified atom stereocenters. The van der Waals surface area contributed by atoms with E-state index in [1.165, 1.54) is 0 Å². The molecule has 0 aliphatic rings. The van der Waals surface area contributed by atoms with Crippen LogP contribution in [0, 0.1) is 0 Å². The minimum Gasteiger partial charge on any atom is -0.462 e. The fourth-order valence-corrected chi connectivity index (χ4v) is 2.04. The Kier molecular flexibility index (Phi) is 6.60. The smallest absolute Gasteiger partial charge is 0.338 e. The van der Waals surface area contributed by atoms with Crippen LogP contribution in [0.2, 0.25) is 0 Å². The zero-order valence-corrected chi connectivity index (χ0v) is 12.2. The van der Waals surface area contributed by atoms with Gasteiger partial charge < -0.3 is 4.74 Å². The lowest BCUT2D eigenvalue weighted by Gasteiger charge is -2.07. The molecular weight excluding hydrogens is 303 g/mol. The average molecular weight is 320 g/mol. The van der Waals surface area contributed by atoms with Crippen molar-refractivity contribution >= 4 is 33.5 Å². The second kappa shape index (κ2) is 7.72. The van der Waals surface area contributed by atoms with Crippen LogP contribution in [-0.2, 0) is 16.5 Å². The van der Waals surface area contributed by atoms with E-state index in [9.17, 15) is 4.79 Å². The van der Waals surface area contributed by atoms with E-state index in [0.29, 0.717) is 18.1 Å². The van der Waals surface area contributed by atoms with Crippen molar-refractivity contribution in [1.82, 2.24) is 0 Å². The van der Waals surface area contributed by atoms with Crippen molar-refractivity contribution < 1.29 is 9.53 Å². The molecule has 0 amide bonds. The number of aryl methyl sites for hydroxylation is 1. The quantitative estimate of drug-likeness (QED) is 0.586. The van der Waals surface area contributed by atoms with Gasteiger partial charge in [-0.05, 0) is 43.0 Å². The Hall–Kier alpha value is -0.540. The molecule has 1 rings (SSSR count). The summed E-state index contributed by atoms with van der Waals surface area (Å²) in [6, 6.07) is 5.83. The lowest BCUT2D eigenvalue weighted by Crippen LogP contribution is -2.06. The summed E-state index contributed by atoms with van der Waals surface area (Å²) in [5, 5.41) is 0.730. The normalized spacial score (nSPS) is 10.3. The lowest BCUT2D eigenvalue weighted by atomic mass is 10.0. The van der Waals surface area contributed by atoms with Gasteiger partial charge in [0.05, 0.1) is 12.2 Å². The molecule has 4 heteroatoms. The van der Waals surface area contributed by atoms with Crippen molar-refractivity contribution in [3.05, 3.63) is 34.9 Å². The third-order valence-electron chi connectivity index (χ3n) is 2.32. The summed E-state index contributed by atoms with van der Waals surface area (Å²) < 4.78 is 5.01. The minimum atomic E-state index is -0.262. The number of alkyl halides is 2. The maximum absolute atomic E-state index is 11.7. The van der Waals surface area contributed by atoms with E-state index in [0.717, 1.165) is 29.3 Å². The third-order valence-corrected chi connectivity index (χ3v) is 3.23. The van der Waals surface area contributed by atoms with E-state index in [2.05, 4.69) is 22.0 Å². The number of carbonyl (C=O) groups is 1. The summed E-state index contributed by atoms with van der Waals surface area (Å²) in [4.78, 5) is 11.7. The average Bonchev–Trinajstić information content (AvgIpc) is 2.36. The number of hydrogen-bond donors (Lipinski definition) is 0. The van der Waals surface area contributed by atoms with Gasteiger partial charge in [-0.2, -0.15) is 0 Å². The number of esters is 1. The number of hydrogen-bond acceptors (Lipinski definition) is 2. The first-order valence-electron chi connectivity index (χ1n) is 5.63. The molecule has 0 N–H and O–H groups in total. The number of carbonyl (C=O) groups excluding carboxylic acids is 1. The van der Waals surface area contributed by atoms with Crippen LogP contribution < -0.4 is 0 Å². The van der Waals surface area contributed by atoms with Gasteiger partial charge in [0.15, 0.2) is 0 Å². The lowest BCUT2D eigenvalue weighted by molar-refractivity contribution is 0.0526. The molecule has 1 aromatic carbocycles. The minimum absolute atomic E-state index is 0.262. The topological polar surface area (TPSA) is 26.3 Å². The molecule has 0 fully saturated rings. The van der Waals surface area contributed by atoms with Gasteiger partial charge in [0.1, 0.15) is 0 Å². The van der Waals surface area contributed by atoms with E-state index in [1.807, 2.05) is 12.1 Å². The molecule has 2 nitrogen and oxygen atoms in total. The Bertz CT molecular complexity index is 380. The van der Waals surface area contributed by atoms with Gasteiger partial charge in [-0.1, -0.05) is 22.0 Å². The highest BCUT2D eigenvalue weighted by Gasteiger charge is 2.09. The largest absolute Gasteiger partial charge is 0.462 e. The highest BCUT2D eigenvalue weighted by Crippen LogP contribution is 2.16. The van der Waals surface area contributed by atoms with E-state index in [4.69, 9.17) is 16.3 Å². The van der Waals surface area contributed by atoms with Crippen LogP contribution in [0.4, 0.5) is 0 Å². The second-order valence-electron chi connectivity index (χ2n) is 3.68. The summed E-state index contributed by atoms with van der Waals surface area (Å²) >= 11 is 9.08. The van der Waals surface area contributed by atoms with Crippen LogP contribution in [0.3, 0.4) is 0 Å². The summed E-state index contributed by atoms with van der Waals surface area (Å²) in [6.07, 6.45) is 1.80. The van der Waals surface area contributed by atoms with Gasteiger partial charge >= 0.3 is 5.97 Å². The molecule has 0 radical (unpaired) electrons. The van der Waals surface area contributed by atoms with E-state index >= 15 is 0 Å². The SMILES string of the molecule is CCOC(=O)c1cc(CBr)cc(CCCCl)c1. The molecule has 0 heterocycles. The summed E-state index contributed by atoms with van der Waals surface area (Å²) in [5.74, 6) is 0.371. The molecule has 0 saturated heterocycles. The molecule has 1 aromatic rings. The van der Waals surface area contributed by atoms with Gasteiger partial charge in [0, 0.05) is 11.2 Å². The molecular formula is C13H16BrClO2. The van der Waals surface area contributed by atoms with Crippen molar-refractivity contribution in [2.75, 3.05) is 12.5 Å². The molecule has 0 spiro atoms. The number of benzene rings is 1. The predicted octanol–water partition coefficient (Wildman–Crippen LogP) is 3.93. The fraction of sp³-hybridized carbons (Fsp3) is 0.462. The Morgan fingerprint density at radius 1 is 1.35 bits per heavy atom. The molecule has 17 heavy (non-hydrogen) atoms. The summed E-state index contributed by atoms with van der Waals surface area (Å²) in [7, 11) is 0. The monoisotopic (exact) mass is 318 g/mol. The first-order chi connectivity index (χ1) is 8.21. The Morgan fingerprint density at radius 2 is 2.06 bits per heavy atom. The molecule has 0 saturated carbocycles. The fourth-order valence-electron chi connectivity index (χ4n) is 1.59. The Labute approximate surface area is 115 Å². The third kappa shape index (κ3) is 4.68. The van der Waals surface area contributed by atoms with Crippen molar-refractivity contribution in [1.29, 1.82) is 0 Å². The second-order valence-corrected chi connectivity index (χ2v) is 4.62. The zero-order chi connectivity index (χ0) is 12.7. The molecule has 0 aromatic heterocycles. The van der Waals surface area contributed by atoms with E-state index in [1.54, 1.807) is 6.92 Å². The van der Waals surface area contributed by atoms with E-state index < -0.39 is 0 Å². The maximum atomic E-state index is 11.7. The standard InChI is InChI=1S/C13H16BrClO2/c1-2-17-13(16)12-7-10(4-3-5-15)6-11(8-12)9-14/h6-8H,2-5,9H2,1H3. The van der Waals surface area contributed by atoms with Gasteiger partial charge in [-0.3, -0.25) is 0 Å². The molecule has 0 atom stereocenters. The van der Waals surface area contributed by atoms with E-state index in [-0.39, 0.29) is 5.97 Å². The van der Waals surface area contributed by atoms with Gasteiger partial charge in [-0.25, -0.2) is 4.79 Å². The van der Waals surface area contributed by atoms with Crippen LogP contribution in [0.15, 0.2) is 18.2 Å². The number of halogens is 2. The van der Waals surface area contributed by atoms with Crippen LogP contribution in [0.25, 0.3) is 0 Å². The maximum Gasteiger partial charge on any atom is 0.338 e. The summed E-state index contributed by atoms with van der Waals surface area (Å²) in [6.45, 7) is 2.20. The predicted molar refractivity (Wildman–Crippen MR) is 74.1 cm³/mol. The summed E-state index contributed by atoms with van der Waals surface area (Å²) in [5.41, 5.74) is 2.83.